The Morgan fingerprint density at radius 3 is 1.93 bits per heavy atom. The van der Waals surface area contributed by atoms with Gasteiger partial charge >= 0.3 is 0 Å². The van der Waals surface area contributed by atoms with Crippen molar-refractivity contribution in [2.45, 2.75) is 0 Å². The highest BCUT2D eigenvalue weighted by atomic mass is 32.2. The summed E-state index contributed by atoms with van der Waals surface area (Å²) >= 11 is 0.941. The molecule has 0 spiro atoms. The highest BCUT2D eigenvalue weighted by molar-refractivity contribution is 8.19. The molecule has 0 radical (unpaired) electrons. The third-order valence-electron chi connectivity index (χ3n) is 4.35. The lowest BCUT2D eigenvalue weighted by atomic mass is 10.2. The number of imide groups is 1. The van der Waals surface area contributed by atoms with E-state index in [1.165, 1.54) is 4.90 Å². The van der Waals surface area contributed by atoms with Gasteiger partial charge in [-0.3, -0.25) is 9.59 Å². The van der Waals surface area contributed by atoms with Crippen molar-refractivity contribution in [2.75, 3.05) is 18.1 Å². The second-order valence-electron chi connectivity index (χ2n) is 6.43. The van der Waals surface area contributed by atoms with Crippen LogP contribution < -0.4 is 14.4 Å². The summed E-state index contributed by atoms with van der Waals surface area (Å²) in [5.41, 5.74) is 1.39. The summed E-state index contributed by atoms with van der Waals surface area (Å²) in [6.45, 7) is 0.864. The lowest BCUT2D eigenvalue weighted by molar-refractivity contribution is -0.113. The van der Waals surface area contributed by atoms with Crippen LogP contribution in [0.25, 0.3) is 6.08 Å². The molecule has 1 saturated heterocycles. The van der Waals surface area contributed by atoms with Crippen LogP contribution in [0.5, 0.6) is 11.5 Å². The molecule has 4 rings (SSSR count). The zero-order chi connectivity index (χ0) is 20.8. The fourth-order valence-corrected chi connectivity index (χ4v) is 3.76. The number of amides is 2. The van der Waals surface area contributed by atoms with Gasteiger partial charge in [-0.2, -0.15) is 0 Å². The average Bonchev–Trinajstić information content (AvgIpc) is 3.06. The summed E-state index contributed by atoms with van der Waals surface area (Å²) in [5.74, 6) is 1.21. The van der Waals surface area contributed by atoms with Crippen molar-refractivity contribution in [1.29, 1.82) is 0 Å². The van der Waals surface area contributed by atoms with E-state index in [1.54, 1.807) is 30.3 Å². The smallest absolute Gasteiger partial charge is 0.298 e. The van der Waals surface area contributed by atoms with Gasteiger partial charge in [-0.25, -0.2) is 4.90 Å². The molecule has 150 valence electrons. The van der Waals surface area contributed by atoms with Crippen molar-refractivity contribution in [3.8, 4) is 11.5 Å². The second kappa shape index (κ2) is 9.33. The monoisotopic (exact) mass is 417 g/mol. The van der Waals surface area contributed by atoms with E-state index in [0.717, 1.165) is 23.1 Å². The molecule has 1 aliphatic rings. The Morgan fingerprint density at radius 2 is 1.30 bits per heavy atom. The minimum Gasteiger partial charge on any atom is -0.490 e. The standard InChI is InChI=1S/C24H19NO4S/c26-23-22(30-24(27)25(23)19-7-3-1-4-8-19)17-18-11-13-21(14-12-18)29-16-15-28-20-9-5-2-6-10-20/h1-14,17H,15-16H2/b22-17-. The number of anilines is 1. The summed E-state index contributed by atoms with van der Waals surface area (Å²) < 4.78 is 11.3. The molecule has 2 amide bonds. The van der Waals surface area contributed by atoms with Crippen molar-refractivity contribution in [3.63, 3.8) is 0 Å². The lowest BCUT2D eigenvalue weighted by Gasteiger charge is -2.11. The first-order valence-corrected chi connectivity index (χ1v) is 10.3. The number of para-hydroxylation sites is 2. The molecule has 3 aromatic rings. The first kappa shape index (κ1) is 19.8. The van der Waals surface area contributed by atoms with Crippen LogP contribution in [0, 0.1) is 0 Å². The SMILES string of the molecule is O=C1S/C(=C\c2ccc(OCCOc3ccccc3)cc2)C(=O)N1c1ccccc1. The molecular weight excluding hydrogens is 398 g/mol. The number of hydrogen-bond acceptors (Lipinski definition) is 5. The molecule has 1 aliphatic heterocycles. The first-order valence-electron chi connectivity index (χ1n) is 9.44. The summed E-state index contributed by atoms with van der Waals surface area (Å²) in [6.07, 6.45) is 1.72. The fourth-order valence-electron chi connectivity index (χ4n) is 2.91. The van der Waals surface area contributed by atoms with Crippen LogP contribution in [-0.4, -0.2) is 24.4 Å². The van der Waals surface area contributed by atoms with Gasteiger partial charge in [0.25, 0.3) is 11.1 Å². The number of rotatable bonds is 7. The van der Waals surface area contributed by atoms with E-state index < -0.39 is 0 Å². The van der Waals surface area contributed by atoms with Gasteiger partial charge in [0.15, 0.2) is 0 Å². The summed E-state index contributed by atoms with van der Waals surface area (Å²) in [4.78, 5) is 26.5. The number of carbonyl (C=O) groups is 2. The normalized spacial score (nSPS) is 14.9. The summed E-state index contributed by atoms with van der Waals surface area (Å²) in [5, 5.41) is -0.296. The highest BCUT2D eigenvalue weighted by Gasteiger charge is 2.36. The molecule has 0 unspecified atom stereocenters. The molecule has 6 heteroatoms. The second-order valence-corrected chi connectivity index (χ2v) is 7.42. The van der Waals surface area contributed by atoms with E-state index in [2.05, 4.69) is 0 Å². The van der Waals surface area contributed by atoms with E-state index >= 15 is 0 Å². The third kappa shape index (κ3) is 4.72. The third-order valence-corrected chi connectivity index (χ3v) is 5.22. The van der Waals surface area contributed by atoms with E-state index in [4.69, 9.17) is 9.47 Å². The largest absolute Gasteiger partial charge is 0.490 e. The summed E-state index contributed by atoms with van der Waals surface area (Å²) in [6, 6.07) is 25.9. The van der Waals surface area contributed by atoms with Crippen LogP contribution >= 0.6 is 11.8 Å². The molecule has 0 N–H and O–H groups in total. The number of carbonyl (C=O) groups excluding carboxylic acids is 2. The van der Waals surface area contributed by atoms with Gasteiger partial charge < -0.3 is 9.47 Å². The Labute approximate surface area is 178 Å². The molecule has 0 saturated carbocycles. The van der Waals surface area contributed by atoms with E-state index in [0.29, 0.717) is 29.6 Å². The number of ether oxygens (including phenoxy) is 2. The topological polar surface area (TPSA) is 55.8 Å². The molecule has 0 aromatic heterocycles. The number of hydrogen-bond donors (Lipinski definition) is 0. The quantitative estimate of drug-likeness (QED) is 0.381. The van der Waals surface area contributed by atoms with Crippen LogP contribution in [0.4, 0.5) is 10.5 Å². The van der Waals surface area contributed by atoms with Gasteiger partial charge in [0.05, 0.1) is 10.6 Å². The Hall–Kier alpha value is -3.51. The van der Waals surface area contributed by atoms with Crippen LogP contribution in [0.3, 0.4) is 0 Å². The van der Waals surface area contributed by atoms with E-state index in [1.807, 2.05) is 60.7 Å². The Balaban J connectivity index is 1.34. The zero-order valence-electron chi connectivity index (χ0n) is 16.1. The van der Waals surface area contributed by atoms with E-state index in [-0.39, 0.29) is 11.1 Å². The molecule has 0 aliphatic carbocycles. The number of thioether (sulfide) groups is 1. The van der Waals surface area contributed by atoms with Crippen molar-refractivity contribution < 1.29 is 19.1 Å². The molecule has 30 heavy (non-hydrogen) atoms. The van der Waals surface area contributed by atoms with E-state index in [9.17, 15) is 9.59 Å². The van der Waals surface area contributed by atoms with Crippen LogP contribution in [0.1, 0.15) is 5.56 Å². The maximum Gasteiger partial charge on any atom is 0.298 e. The molecule has 1 fully saturated rings. The molecule has 0 bridgehead atoms. The first-order chi connectivity index (χ1) is 14.7. The number of nitrogens with zero attached hydrogens (tertiary/aromatic N) is 1. The molecule has 0 atom stereocenters. The van der Waals surface area contributed by atoms with Crippen LogP contribution in [-0.2, 0) is 4.79 Å². The fraction of sp³-hybridized carbons (Fsp3) is 0.0833. The average molecular weight is 417 g/mol. The lowest BCUT2D eigenvalue weighted by Crippen LogP contribution is -2.27. The Bertz CT molecular complexity index is 1050. The van der Waals surface area contributed by atoms with Gasteiger partial charge in [-0.05, 0) is 59.8 Å². The predicted molar refractivity (Wildman–Crippen MR) is 119 cm³/mol. The zero-order valence-corrected chi connectivity index (χ0v) is 16.9. The molecule has 1 heterocycles. The Kier molecular flexibility index (Phi) is 6.15. The highest BCUT2D eigenvalue weighted by Crippen LogP contribution is 2.35. The summed E-state index contributed by atoms with van der Waals surface area (Å²) in [7, 11) is 0. The van der Waals surface area contributed by atoms with Crippen LogP contribution in [0.15, 0.2) is 89.8 Å². The molecular formula is C24H19NO4S. The Morgan fingerprint density at radius 1 is 0.733 bits per heavy atom. The predicted octanol–water partition coefficient (Wildman–Crippen LogP) is 5.39. The van der Waals surface area contributed by atoms with Gasteiger partial charge in [0, 0.05) is 0 Å². The van der Waals surface area contributed by atoms with Gasteiger partial charge in [0.1, 0.15) is 24.7 Å². The van der Waals surface area contributed by atoms with Crippen molar-refractivity contribution in [3.05, 3.63) is 95.4 Å². The van der Waals surface area contributed by atoms with Crippen molar-refractivity contribution in [2.24, 2.45) is 0 Å². The van der Waals surface area contributed by atoms with Gasteiger partial charge in [0.2, 0.25) is 0 Å². The van der Waals surface area contributed by atoms with Gasteiger partial charge in [-0.15, -0.1) is 0 Å². The minimum absolute atomic E-state index is 0.296. The maximum atomic E-state index is 12.7. The number of benzene rings is 3. The molecule has 5 nitrogen and oxygen atoms in total. The minimum atomic E-state index is -0.311. The van der Waals surface area contributed by atoms with Crippen LogP contribution in [0.2, 0.25) is 0 Å². The van der Waals surface area contributed by atoms with Gasteiger partial charge in [-0.1, -0.05) is 48.5 Å². The van der Waals surface area contributed by atoms with Crippen molar-refractivity contribution >= 4 is 34.7 Å². The molecule has 3 aromatic carbocycles. The maximum absolute atomic E-state index is 12.7. The van der Waals surface area contributed by atoms with Crippen molar-refractivity contribution in [1.82, 2.24) is 0 Å².